The Balaban J connectivity index is 1.37. The first-order chi connectivity index (χ1) is 16.9. The van der Waals surface area contributed by atoms with Crippen LogP contribution in [0, 0.1) is 0 Å². The van der Waals surface area contributed by atoms with E-state index in [-0.39, 0.29) is 12.0 Å². The number of amides is 2. The van der Waals surface area contributed by atoms with E-state index in [0.717, 1.165) is 34.0 Å². The standard InChI is InChI=1S/C26H26ClN5O3/c1-3-12-35-26(34)32-10-8-31(9-11-32)25(33)18-4-6-20-21(27)15-23(28-24(20)14-18)17-5-7-22-19(13-17)16-30(2)29-22/h4-7,13-16H,3,8-12H2,1-2H3. The number of nitrogens with zero attached hydrogens (tertiary/aromatic N) is 5. The van der Waals surface area contributed by atoms with Gasteiger partial charge in [0.15, 0.2) is 0 Å². The van der Waals surface area contributed by atoms with E-state index in [0.29, 0.717) is 48.9 Å². The Hall–Kier alpha value is -3.65. The minimum atomic E-state index is -0.319. The number of halogens is 1. The average molecular weight is 492 g/mol. The summed E-state index contributed by atoms with van der Waals surface area (Å²) in [4.78, 5) is 33.5. The number of piperazine rings is 1. The van der Waals surface area contributed by atoms with Gasteiger partial charge < -0.3 is 14.5 Å². The Morgan fingerprint density at radius 2 is 1.77 bits per heavy atom. The fourth-order valence-corrected chi connectivity index (χ4v) is 4.59. The second-order valence-electron chi connectivity index (χ2n) is 8.69. The van der Waals surface area contributed by atoms with Gasteiger partial charge in [0, 0.05) is 61.3 Å². The van der Waals surface area contributed by atoms with Crippen LogP contribution in [0.1, 0.15) is 23.7 Å². The molecule has 1 aliphatic rings. The van der Waals surface area contributed by atoms with Crippen LogP contribution in [0.3, 0.4) is 0 Å². The summed E-state index contributed by atoms with van der Waals surface area (Å²) in [5, 5.41) is 6.80. The van der Waals surface area contributed by atoms with Crippen molar-refractivity contribution < 1.29 is 14.3 Å². The lowest BCUT2D eigenvalue weighted by Gasteiger charge is -2.34. The second kappa shape index (κ2) is 9.54. The Morgan fingerprint density at radius 3 is 2.54 bits per heavy atom. The molecule has 0 N–H and O–H groups in total. The molecule has 0 atom stereocenters. The molecule has 180 valence electrons. The zero-order valence-corrected chi connectivity index (χ0v) is 20.5. The van der Waals surface area contributed by atoms with Crippen molar-refractivity contribution in [2.45, 2.75) is 13.3 Å². The van der Waals surface area contributed by atoms with E-state index >= 15 is 0 Å². The summed E-state index contributed by atoms with van der Waals surface area (Å²) in [6.45, 7) is 4.18. The van der Waals surface area contributed by atoms with Gasteiger partial charge in [-0.1, -0.05) is 30.7 Å². The highest BCUT2D eigenvalue weighted by Crippen LogP contribution is 2.30. The molecule has 8 nitrogen and oxygen atoms in total. The van der Waals surface area contributed by atoms with Gasteiger partial charge in [0.25, 0.3) is 5.91 Å². The molecule has 35 heavy (non-hydrogen) atoms. The van der Waals surface area contributed by atoms with Gasteiger partial charge in [-0.25, -0.2) is 9.78 Å². The van der Waals surface area contributed by atoms with Crippen LogP contribution in [-0.4, -0.2) is 69.4 Å². The first kappa shape index (κ1) is 23.1. The Bertz CT molecular complexity index is 1430. The van der Waals surface area contributed by atoms with Gasteiger partial charge in [-0.3, -0.25) is 9.48 Å². The van der Waals surface area contributed by atoms with E-state index in [2.05, 4.69) is 5.10 Å². The summed E-state index contributed by atoms with van der Waals surface area (Å²) < 4.78 is 6.98. The van der Waals surface area contributed by atoms with Gasteiger partial charge in [0.05, 0.1) is 28.4 Å². The van der Waals surface area contributed by atoms with E-state index in [1.807, 2.05) is 50.5 Å². The average Bonchev–Trinajstić information content (AvgIpc) is 3.25. The third-order valence-electron chi connectivity index (χ3n) is 6.18. The number of hydrogen-bond donors (Lipinski definition) is 0. The minimum Gasteiger partial charge on any atom is -0.449 e. The zero-order valence-electron chi connectivity index (χ0n) is 19.7. The van der Waals surface area contributed by atoms with Crippen LogP contribution >= 0.6 is 11.6 Å². The smallest absolute Gasteiger partial charge is 0.409 e. The molecule has 4 aromatic rings. The van der Waals surface area contributed by atoms with E-state index in [1.54, 1.807) is 26.6 Å². The van der Waals surface area contributed by atoms with Crippen LogP contribution in [0.15, 0.2) is 48.7 Å². The number of aryl methyl sites for hydroxylation is 1. The summed E-state index contributed by atoms with van der Waals surface area (Å²) in [6.07, 6.45) is 2.42. The predicted octanol–water partition coefficient (Wildman–Crippen LogP) is 4.75. The van der Waals surface area contributed by atoms with Crippen molar-refractivity contribution in [2.75, 3.05) is 32.8 Å². The molecule has 1 saturated heterocycles. The molecule has 3 heterocycles. The highest BCUT2D eigenvalue weighted by molar-refractivity contribution is 6.35. The second-order valence-corrected chi connectivity index (χ2v) is 9.10. The maximum absolute atomic E-state index is 13.2. The Morgan fingerprint density at radius 1 is 1.00 bits per heavy atom. The fraction of sp³-hybridized carbons (Fsp3) is 0.308. The SMILES string of the molecule is CCCOC(=O)N1CCN(C(=O)c2ccc3c(Cl)cc(-c4ccc5nn(C)cc5c4)nc3c2)CC1. The summed E-state index contributed by atoms with van der Waals surface area (Å²) in [5.41, 5.74) is 3.78. The van der Waals surface area contributed by atoms with Crippen molar-refractivity contribution in [3.63, 3.8) is 0 Å². The largest absolute Gasteiger partial charge is 0.449 e. The van der Waals surface area contributed by atoms with Crippen LogP contribution in [0.4, 0.5) is 4.79 Å². The number of aromatic nitrogens is 3. The molecule has 2 aromatic carbocycles. The van der Waals surface area contributed by atoms with Crippen molar-refractivity contribution in [3.05, 3.63) is 59.2 Å². The number of benzene rings is 2. The third-order valence-corrected chi connectivity index (χ3v) is 6.49. The normalized spacial score (nSPS) is 14.0. The molecule has 2 amide bonds. The molecule has 0 radical (unpaired) electrons. The van der Waals surface area contributed by atoms with Crippen LogP contribution < -0.4 is 0 Å². The van der Waals surface area contributed by atoms with Gasteiger partial charge in [-0.15, -0.1) is 0 Å². The predicted molar refractivity (Wildman–Crippen MR) is 136 cm³/mol. The van der Waals surface area contributed by atoms with Gasteiger partial charge in [-0.05, 0) is 36.8 Å². The van der Waals surface area contributed by atoms with Gasteiger partial charge >= 0.3 is 6.09 Å². The number of carbonyl (C=O) groups excluding carboxylic acids is 2. The number of fused-ring (bicyclic) bond motifs is 2. The highest BCUT2D eigenvalue weighted by atomic mass is 35.5. The van der Waals surface area contributed by atoms with E-state index in [4.69, 9.17) is 21.3 Å². The van der Waals surface area contributed by atoms with E-state index in [9.17, 15) is 9.59 Å². The molecule has 1 aliphatic heterocycles. The number of ether oxygens (including phenoxy) is 1. The van der Waals surface area contributed by atoms with Crippen LogP contribution in [0.5, 0.6) is 0 Å². The Kier molecular flexibility index (Phi) is 6.30. The van der Waals surface area contributed by atoms with Crippen molar-refractivity contribution >= 4 is 45.4 Å². The maximum atomic E-state index is 13.2. The topological polar surface area (TPSA) is 80.6 Å². The fourth-order valence-electron chi connectivity index (χ4n) is 4.33. The molecule has 0 bridgehead atoms. The maximum Gasteiger partial charge on any atom is 0.409 e. The van der Waals surface area contributed by atoms with Gasteiger partial charge in [0.2, 0.25) is 0 Å². The van der Waals surface area contributed by atoms with Gasteiger partial charge in [-0.2, -0.15) is 5.10 Å². The van der Waals surface area contributed by atoms with E-state index in [1.165, 1.54) is 0 Å². The third kappa shape index (κ3) is 4.66. The zero-order chi connectivity index (χ0) is 24.5. The lowest BCUT2D eigenvalue weighted by atomic mass is 10.1. The molecule has 0 aliphatic carbocycles. The monoisotopic (exact) mass is 491 g/mol. The molecule has 0 saturated carbocycles. The van der Waals surface area contributed by atoms with Crippen molar-refractivity contribution in [3.8, 4) is 11.3 Å². The molecule has 9 heteroatoms. The lowest BCUT2D eigenvalue weighted by Crippen LogP contribution is -2.50. The van der Waals surface area contributed by atoms with E-state index < -0.39 is 0 Å². The number of rotatable bonds is 4. The molecule has 5 rings (SSSR count). The molecule has 0 unspecified atom stereocenters. The lowest BCUT2D eigenvalue weighted by molar-refractivity contribution is 0.0560. The first-order valence-corrected chi connectivity index (χ1v) is 12.1. The summed E-state index contributed by atoms with van der Waals surface area (Å²) in [6, 6.07) is 13.2. The molecular weight excluding hydrogens is 466 g/mol. The molecular formula is C26H26ClN5O3. The first-order valence-electron chi connectivity index (χ1n) is 11.7. The highest BCUT2D eigenvalue weighted by Gasteiger charge is 2.26. The minimum absolute atomic E-state index is 0.0893. The summed E-state index contributed by atoms with van der Waals surface area (Å²) in [7, 11) is 1.89. The number of pyridine rings is 1. The summed E-state index contributed by atoms with van der Waals surface area (Å²) >= 11 is 6.60. The molecule has 0 spiro atoms. The van der Waals surface area contributed by atoms with Crippen molar-refractivity contribution in [2.24, 2.45) is 7.05 Å². The molecule has 2 aromatic heterocycles. The van der Waals surface area contributed by atoms with Gasteiger partial charge in [0.1, 0.15) is 0 Å². The number of carbonyl (C=O) groups is 2. The quantitative estimate of drug-likeness (QED) is 0.411. The van der Waals surface area contributed by atoms with Crippen LogP contribution in [0.25, 0.3) is 33.1 Å². The van der Waals surface area contributed by atoms with Crippen LogP contribution in [0.2, 0.25) is 5.02 Å². The summed E-state index contributed by atoms with van der Waals surface area (Å²) in [5.74, 6) is -0.0893. The van der Waals surface area contributed by atoms with Crippen molar-refractivity contribution in [1.29, 1.82) is 0 Å². The Labute approximate surface area is 208 Å². The van der Waals surface area contributed by atoms with Crippen molar-refractivity contribution in [1.82, 2.24) is 24.6 Å². The number of hydrogen-bond acceptors (Lipinski definition) is 5. The molecule has 1 fully saturated rings. The van der Waals surface area contributed by atoms with Crippen LogP contribution in [-0.2, 0) is 11.8 Å².